The second-order valence-corrected chi connectivity index (χ2v) is 6.15. The predicted molar refractivity (Wildman–Crippen MR) is 97.7 cm³/mol. The molecular weight excluding hydrogens is 404 g/mol. The van der Waals surface area contributed by atoms with Crippen molar-refractivity contribution in [3.05, 3.63) is 75.1 Å². The van der Waals surface area contributed by atoms with Crippen LogP contribution in [0.1, 0.15) is 10.4 Å². The van der Waals surface area contributed by atoms with Crippen LogP contribution in [-0.2, 0) is 4.79 Å². The number of ether oxygens (including phenoxy) is 1. The third-order valence-corrected chi connectivity index (χ3v) is 3.86. The SMILES string of the molecule is O=C(COc1cccc(Br)c1)NNC(=O)c1cc2ccccc2oc1=O. The van der Waals surface area contributed by atoms with Gasteiger partial charge in [-0.25, -0.2) is 4.79 Å². The third kappa shape index (κ3) is 4.28. The molecule has 3 rings (SSSR count). The summed E-state index contributed by atoms with van der Waals surface area (Å²) in [4.78, 5) is 35.8. The highest BCUT2D eigenvalue weighted by molar-refractivity contribution is 9.10. The summed E-state index contributed by atoms with van der Waals surface area (Å²) in [5.41, 5.74) is 3.72. The fourth-order valence-electron chi connectivity index (χ4n) is 2.16. The Kier molecular flexibility index (Phi) is 5.33. The quantitative estimate of drug-likeness (QED) is 0.502. The Hall–Kier alpha value is -3.13. The summed E-state index contributed by atoms with van der Waals surface area (Å²) in [6, 6.07) is 15.2. The van der Waals surface area contributed by atoms with Gasteiger partial charge in [0.1, 0.15) is 16.9 Å². The van der Waals surface area contributed by atoms with E-state index in [9.17, 15) is 14.4 Å². The highest BCUT2D eigenvalue weighted by atomic mass is 79.9. The molecular formula is C18H13BrN2O5. The summed E-state index contributed by atoms with van der Waals surface area (Å²) in [6.07, 6.45) is 0. The molecule has 0 saturated carbocycles. The van der Waals surface area contributed by atoms with E-state index in [-0.39, 0.29) is 12.2 Å². The Morgan fingerprint density at radius 2 is 1.85 bits per heavy atom. The Labute approximate surface area is 156 Å². The molecule has 0 bridgehead atoms. The van der Waals surface area contributed by atoms with Crippen LogP contribution in [0.4, 0.5) is 0 Å². The summed E-state index contributed by atoms with van der Waals surface area (Å²) in [5.74, 6) is -0.861. The molecule has 0 aliphatic rings. The van der Waals surface area contributed by atoms with Crippen molar-refractivity contribution in [3.63, 3.8) is 0 Å². The van der Waals surface area contributed by atoms with Crippen LogP contribution in [0.5, 0.6) is 5.75 Å². The minimum Gasteiger partial charge on any atom is -0.484 e. The largest absolute Gasteiger partial charge is 0.484 e. The molecule has 1 heterocycles. The highest BCUT2D eigenvalue weighted by Crippen LogP contribution is 2.17. The first-order valence-corrected chi connectivity index (χ1v) is 8.33. The molecule has 0 fully saturated rings. The Morgan fingerprint density at radius 1 is 1.04 bits per heavy atom. The van der Waals surface area contributed by atoms with Gasteiger partial charge in [-0.1, -0.05) is 40.2 Å². The number of benzene rings is 2. The van der Waals surface area contributed by atoms with Crippen LogP contribution < -0.4 is 21.2 Å². The monoisotopic (exact) mass is 416 g/mol. The fourth-order valence-corrected chi connectivity index (χ4v) is 2.53. The Bertz CT molecular complexity index is 1030. The fraction of sp³-hybridized carbons (Fsp3) is 0.0556. The van der Waals surface area contributed by atoms with Crippen molar-refractivity contribution in [2.24, 2.45) is 0 Å². The maximum atomic E-state index is 12.1. The van der Waals surface area contributed by atoms with Crippen LogP contribution in [0.25, 0.3) is 11.0 Å². The second kappa shape index (κ2) is 7.83. The lowest BCUT2D eigenvalue weighted by Gasteiger charge is -2.09. The van der Waals surface area contributed by atoms with Crippen LogP contribution in [0, 0.1) is 0 Å². The molecule has 2 N–H and O–H groups in total. The van der Waals surface area contributed by atoms with E-state index in [1.54, 1.807) is 42.5 Å². The van der Waals surface area contributed by atoms with Gasteiger partial charge in [-0.05, 0) is 30.3 Å². The number of para-hydroxylation sites is 1. The molecule has 2 aromatic carbocycles. The normalized spacial score (nSPS) is 10.3. The smallest absolute Gasteiger partial charge is 0.349 e. The number of hydrazine groups is 1. The number of rotatable bonds is 4. The molecule has 2 amide bonds. The number of fused-ring (bicyclic) bond motifs is 1. The highest BCUT2D eigenvalue weighted by Gasteiger charge is 2.14. The third-order valence-electron chi connectivity index (χ3n) is 3.37. The van der Waals surface area contributed by atoms with Crippen LogP contribution in [0.2, 0.25) is 0 Å². The summed E-state index contributed by atoms with van der Waals surface area (Å²) < 4.78 is 11.2. The van der Waals surface area contributed by atoms with Gasteiger partial charge in [-0.2, -0.15) is 0 Å². The van der Waals surface area contributed by atoms with Gasteiger partial charge in [-0.3, -0.25) is 20.4 Å². The summed E-state index contributed by atoms with van der Waals surface area (Å²) in [5, 5.41) is 0.599. The van der Waals surface area contributed by atoms with Crippen molar-refractivity contribution < 1.29 is 18.7 Å². The van der Waals surface area contributed by atoms with Crippen molar-refractivity contribution in [2.45, 2.75) is 0 Å². The van der Waals surface area contributed by atoms with Crippen LogP contribution in [-0.4, -0.2) is 18.4 Å². The van der Waals surface area contributed by atoms with E-state index in [2.05, 4.69) is 26.8 Å². The van der Waals surface area contributed by atoms with Crippen molar-refractivity contribution >= 4 is 38.7 Å². The summed E-state index contributed by atoms with van der Waals surface area (Å²) in [7, 11) is 0. The lowest BCUT2D eigenvalue weighted by Crippen LogP contribution is -2.45. The van der Waals surface area contributed by atoms with Crippen molar-refractivity contribution in [3.8, 4) is 5.75 Å². The molecule has 1 aromatic heterocycles. The molecule has 7 nitrogen and oxygen atoms in total. The van der Waals surface area contributed by atoms with E-state index in [4.69, 9.17) is 9.15 Å². The lowest BCUT2D eigenvalue weighted by atomic mass is 10.2. The summed E-state index contributed by atoms with van der Waals surface area (Å²) >= 11 is 3.29. The second-order valence-electron chi connectivity index (χ2n) is 5.23. The number of amides is 2. The maximum Gasteiger partial charge on any atom is 0.349 e. The zero-order valence-corrected chi connectivity index (χ0v) is 14.9. The minimum atomic E-state index is -0.791. The molecule has 0 radical (unpaired) electrons. The van der Waals surface area contributed by atoms with E-state index in [1.165, 1.54) is 6.07 Å². The zero-order chi connectivity index (χ0) is 18.5. The number of halogens is 1. The van der Waals surface area contributed by atoms with Gasteiger partial charge in [0.25, 0.3) is 11.8 Å². The summed E-state index contributed by atoms with van der Waals surface area (Å²) in [6.45, 7) is -0.303. The van der Waals surface area contributed by atoms with E-state index >= 15 is 0 Å². The van der Waals surface area contributed by atoms with Crippen LogP contribution >= 0.6 is 15.9 Å². The topological polar surface area (TPSA) is 97.6 Å². The van der Waals surface area contributed by atoms with E-state index < -0.39 is 17.4 Å². The molecule has 0 unspecified atom stereocenters. The molecule has 0 aliphatic carbocycles. The molecule has 0 spiro atoms. The van der Waals surface area contributed by atoms with Gasteiger partial charge >= 0.3 is 5.63 Å². The number of carbonyl (C=O) groups excluding carboxylic acids is 2. The molecule has 3 aromatic rings. The molecule has 0 saturated heterocycles. The predicted octanol–water partition coefficient (Wildman–Crippen LogP) is 2.40. The number of hydrogen-bond acceptors (Lipinski definition) is 5. The van der Waals surface area contributed by atoms with Crippen molar-refractivity contribution in [1.82, 2.24) is 10.9 Å². The van der Waals surface area contributed by atoms with Gasteiger partial charge in [0.15, 0.2) is 6.61 Å². The van der Waals surface area contributed by atoms with E-state index in [0.717, 1.165) is 4.47 Å². The molecule has 0 aliphatic heterocycles. The average molecular weight is 417 g/mol. The molecule has 8 heteroatoms. The average Bonchev–Trinajstić information content (AvgIpc) is 2.64. The van der Waals surface area contributed by atoms with Crippen LogP contribution in [0.15, 0.2) is 68.3 Å². The van der Waals surface area contributed by atoms with Crippen LogP contribution in [0.3, 0.4) is 0 Å². The standard InChI is InChI=1S/C18H13BrN2O5/c19-12-5-3-6-13(9-12)25-10-16(22)20-21-17(23)14-8-11-4-1-2-7-15(11)26-18(14)24/h1-9H,10H2,(H,20,22)(H,21,23). The number of carbonyl (C=O) groups is 2. The van der Waals surface area contributed by atoms with Gasteiger partial charge in [0.05, 0.1) is 0 Å². The maximum absolute atomic E-state index is 12.1. The zero-order valence-electron chi connectivity index (χ0n) is 13.3. The first-order valence-electron chi connectivity index (χ1n) is 7.53. The van der Waals surface area contributed by atoms with E-state index in [1.807, 2.05) is 6.07 Å². The first kappa shape index (κ1) is 17.7. The molecule has 132 valence electrons. The number of hydrogen-bond donors (Lipinski definition) is 2. The van der Waals surface area contributed by atoms with Gasteiger partial charge in [0.2, 0.25) is 0 Å². The van der Waals surface area contributed by atoms with Crippen molar-refractivity contribution in [2.75, 3.05) is 6.61 Å². The Balaban J connectivity index is 1.59. The van der Waals surface area contributed by atoms with E-state index in [0.29, 0.717) is 16.7 Å². The molecule has 26 heavy (non-hydrogen) atoms. The minimum absolute atomic E-state index is 0.211. The lowest BCUT2D eigenvalue weighted by molar-refractivity contribution is -0.123. The van der Waals surface area contributed by atoms with Gasteiger partial charge in [0, 0.05) is 9.86 Å². The Morgan fingerprint density at radius 3 is 2.65 bits per heavy atom. The number of nitrogens with one attached hydrogen (secondary N) is 2. The molecule has 0 atom stereocenters. The van der Waals surface area contributed by atoms with Gasteiger partial charge in [-0.15, -0.1) is 0 Å². The van der Waals surface area contributed by atoms with Gasteiger partial charge < -0.3 is 9.15 Å². The first-order chi connectivity index (χ1) is 12.5. The van der Waals surface area contributed by atoms with Crippen molar-refractivity contribution in [1.29, 1.82) is 0 Å².